The highest BCUT2D eigenvalue weighted by Gasteiger charge is 2.13. The lowest BCUT2D eigenvalue weighted by atomic mass is 10.0. The lowest BCUT2D eigenvalue weighted by Crippen LogP contribution is -2.22. The summed E-state index contributed by atoms with van der Waals surface area (Å²) < 4.78 is 26.3. The summed E-state index contributed by atoms with van der Waals surface area (Å²) in [6.45, 7) is 6.49. The molecular weight excluding hydrogens is 208 g/mol. The molecule has 0 aliphatic heterocycles. The van der Waals surface area contributed by atoms with Gasteiger partial charge >= 0.3 is 0 Å². The SMILES string of the molecule is C=CCC(NCCC)c1ccc(F)cc1F. The number of halogens is 2. The molecule has 1 aromatic carbocycles. The van der Waals surface area contributed by atoms with Crippen LogP contribution in [0.1, 0.15) is 31.4 Å². The van der Waals surface area contributed by atoms with Crippen molar-refractivity contribution in [3.05, 3.63) is 48.1 Å². The molecule has 0 heterocycles. The van der Waals surface area contributed by atoms with Crippen LogP contribution in [0.3, 0.4) is 0 Å². The highest BCUT2D eigenvalue weighted by Crippen LogP contribution is 2.21. The molecule has 0 amide bonds. The van der Waals surface area contributed by atoms with E-state index in [9.17, 15) is 8.78 Å². The molecule has 1 aromatic rings. The summed E-state index contributed by atoms with van der Waals surface area (Å²) in [7, 11) is 0. The molecule has 0 radical (unpaired) electrons. The number of nitrogens with one attached hydrogen (secondary N) is 1. The van der Waals surface area contributed by atoms with Crippen molar-refractivity contribution in [2.24, 2.45) is 0 Å². The first-order chi connectivity index (χ1) is 7.69. The normalized spacial score (nSPS) is 12.4. The molecule has 0 spiro atoms. The Balaban J connectivity index is 2.86. The standard InChI is InChI=1S/C13H17F2N/c1-3-5-13(16-8-4-2)11-7-6-10(14)9-12(11)15/h3,6-7,9,13,16H,1,4-5,8H2,2H3. The van der Waals surface area contributed by atoms with Crippen LogP contribution in [0.5, 0.6) is 0 Å². The van der Waals surface area contributed by atoms with Gasteiger partial charge in [-0.3, -0.25) is 0 Å². The van der Waals surface area contributed by atoms with E-state index >= 15 is 0 Å². The topological polar surface area (TPSA) is 12.0 Å². The van der Waals surface area contributed by atoms with Crippen molar-refractivity contribution in [2.45, 2.75) is 25.8 Å². The Kier molecular flexibility index (Phi) is 5.12. The molecule has 1 N–H and O–H groups in total. The molecule has 1 rings (SSSR count). The molecule has 0 fully saturated rings. The van der Waals surface area contributed by atoms with E-state index in [0.29, 0.717) is 12.0 Å². The third-order valence-electron chi connectivity index (χ3n) is 2.38. The highest BCUT2D eigenvalue weighted by molar-refractivity contribution is 5.22. The van der Waals surface area contributed by atoms with E-state index in [2.05, 4.69) is 11.9 Å². The van der Waals surface area contributed by atoms with Gasteiger partial charge < -0.3 is 5.32 Å². The maximum absolute atomic E-state index is 13.5. The minimum atomic E-state index is -0.547. The molecule has 0 aromatic heterocycles. The van der Waals surface area contributed by atoms with E-state index < -0.39 is 11.6 Å². The Morgan fingerprint density at radius 2 is 2.19 bits per heavy atom. The van der Waals surface area contributed by atoms with E-state index in [4.69, 9.17) is 0 Å². The Labute approximate surface area is 95.2 Å². The van der Waals surface area contributed by atoms with Crippen molar-refractivity contribution < 1.29 is 8.78 Å². The van der Waals surface area contributed by atoms with Crippen LogP contribution in [0.4, 0.5) is 8.78 Å². The van der Waals surface area contributed by atoms with Crippen LogP contribution in [0, 0.1) is 11.6 Å². The summed E-state index contributed by atoms with van der Waals surface area (Å²) in [5.74, 6) is -1.05. The van der Waals surface area contributed by atoms with Crippen LogP contribution >= 0.6 is 0 Å². The number of hydrogen-bond donors (Lipinski definition) is 1. The molecule has 1 nitrogen and oxygen atoms in total. The fraction of sp³-hybridized carbons (Fsp3) is 0.385. The fourth-order valence-electron chi connectivity index (χ4n) is 1.59. The van der Waals surface area contributed by atoms with Gasteiger partial charge in [0.15, 0.2) is 0 Å². The van der Waals surface area contributed by atoms with Gasteiger partial charge in [-0.15, -0.1) is 6.58 Å². The van der Waals surface area contributed by atoms with Crippen molar-refractivity contribution in [1.29, 1.82) is 0 Å². The van der Waals surface area contributed by atoms with Gasteiger partial charge in [-0.25, -0.2) is 8.78 Å². The van der Waals surface area contributed by atoms with Crippen LogP contribution in [0.15, 0.2) is 30.9 Å². The second kappa shape index (κ2) is 6.38. The van der Waals surface area contributed by atoms with E-state index in [1.807, 2.05) is 6.92 Å². The average Bonchev–Trinajstić information content (AvgIpc) is 2.25. The number of rotatable bonds is 6. The van der Waals surface area contributed by atoms with Gasteiger partial charge in [0.25, 0.3) is 0 Å². The Morgan fingerprint density at radius 1 is 1.44 bits per heavy atom. The largest absolute Gasteiger partial charge is 0.310 e. The molecule has 88 valence electrons. The summed E-state index contributed by atoms with van der Waals surface area (Å²) in [6, 6.07) is 3.56. The van der Waals surface area contributed by atoms with Gasteiger partial charge in [0.05, 0.1) is 0 Å². The monoisotopic (exact) mass is 225 g/mol. The minimum Gasteiger partial charge on any atom is -0.310 e. The van der Waals surface area contributed by atoms with Crippen LogP contribution in [-0.2, 0) is 0 Å². The van der Waals surface area contributed by atoms with Gasteiger partial charge in [-0.2, -0.15) is 0 Å². The first kappa shape index (κ1) is 12.8. The smallest absolute Gasteiger partial charge is 0.130 e. The highest BCUT2D eigenvalue weighted by atomic mass is 19.1. The van der Waals surface area contributed by atoms with Crippen molar-refractivity contribution in [1.82, 2.24) is 5.32 Å². The van der Waals surface area contributed by atoms with Crippen molar-refractivity contribution in [3.63, 3.8) is 0 Å². The minimum absolute atomic E-state index is 0.127. The Bertz CT molecular complexity index is 350. The molecule has 0 saturated carbocycles. The van der Waals surface area contributed by atoms with Gasteiger partial charge in [0.1, 0.15) is 11.6 Å². The second-order valence-electron chi connectivity index (χ2n) is 3.70. The first-order valence-corrected chi connectivity index (χ1v) is 5.48. The van der Waals surface area contributed by atoms with Gasteiger partial charge in [0, 0.05) is 17.7 Å². The summed E-state index contributed by atoms with van der Waals surface area (Å²) in [5, 5.41) is 3.21. The molecule has 16 heavy (non-hydrogen) atoms. The molecule has 0 aliphatic rings. The zero-order valence-electron chi connectivity index (χ0n) is 9.47. The second-order valence-corrected chi connectivity index (χ2v) is 3.70. The lowest BCUT2D eigenvalue weighted by molar-refractivity contribution is 0.496. The molecule has 1 atom stereocenters. The molecule has 0 bridgehead atoms. The van der Waals surface area contributed by atoms with E-state index in [1.54, 1.807) is 6.08 Å². The first-order valence-electron chi connectivity index (χ1n) is 5.48. The number of hydrogen-bond acceptors (Lipinski definition) is 1. The van der Waals surface area contributed by atoms with Crippen molar-refractivity contribution in [3.8, 4) is 0 Å². The fourth-order valence-corrected chi connectivity index (χ4v) is 1.59. The number of benzene rings is 1. The average molecular weight is 225 g/mol. The van der Waals surface area contributed by atoms with E-state index in [1.165, 1.54) is 12.1 Å². The molecule has 1 unspecified atom stereocenters. The maximum atomic E-state index is 13.5. The van der Waals surface area contributed by atoms with E-state index in [-0.39, 0.29) is 6.04 Å². The molecule has 3 heteroatoms. The van der Waals surface area contributed by atoms with Crippen molar-refractivity contribution in [2.75, 3.05) is 6.54 Å². The van der Waals surface area contributed by atoms with Crippen LogP contribution in [0.2, 0.25) is 0 Å². The van der Waals surface area contributed by atoms with Gasteiger partial charge in [0.2, 0.25) is 0 Å². The Morgan fingerprint density at radius 3 is 2.75 bits per heavy atom. The molecular formula is C13H17F2N. The van der Waals surface area contributed by atoms with Gasteiger partial charge in [-0.1, -0.05) is 19.1 Å². The maximum Gasteiger partial charge on any atom is 0.130 e. The van der Waals surface area contributed by atoms with E-state index in [0.717, 1.165) is 19.0 Å². The quantitative estimate of drug-likeness (QED) is 0.730. The summed E-state index contributed by atoms with van der Waals surface area (Å²) in [4.78, 5) is 0. The molecule has 0 saturated heterocycles. The third-order valence-corrected chi connectivity index (χ3v) is 2.38. The molecule has 0 aliphatic carbocycles. The summed E-state index contributed by atoms with van der Waals surface area (Å²) in [6.07, 6.45) is 3.33. The third kappa shape index (κ3) is 3.42. The Hall–Kier alpha value is -1.22. The van der Waals surface area contributed by atoms with Gasteiger partial charge in [-0.05, 0) is 25.5 Å². The van der Waals surface area contributed by atoms with Crippen LogP contribution in [-0.4, -0.2) is 6.54 Å². The van der Waals surface area contributed by atoms with Crippen molar-refractivity contribution >= 4 is 0 Å². The lowest BCUT2D eigenvalue weighted by Gasteiger charge is -2.17. The van der Waals surface area contributed by atoms with Crippen LogP contribution in [0.25, 0.3) is 0 Å². The van der Waals surface area contributed by atoms with Crippen LogP contribution < -0.4 is 5.32 Å². The predicted octanol–water partition coefficient (Wildman–Crippen LogP) is 3.58. The summed E-state index contributed by atoms with van der Waals surface area (Å²) in [5.41, 5.74) is 0.495. The zero-order valence-corrected chi connectivity index (χ0v) is 9.47. The summed E-state index contributed by atoms with van der Waals surface area (Å²) >= 11 is 0. The zero-order chi connectivity index (χ0) is 12.0. The predicted molar refractivity (Wildman–Crippen MR) is 62.2 cm³/mol.